The molecular weight excluding hydrogens is 328 g/mol. The van der Waals surface area contributed by atoms with Crippen molar-refractivity contribution in [3.8, 4) is 0 Å². The van der Waals surface area contributed by atoms with E-state index >= 15 is 0 Å². The van der Waals surface area contributed by atoms with Crippen molar-refractivity contribution in [3.05, 3.63) is 42.0 Å². The molecule has 2 aromatic heterocycles. The molecule has 0 amide bonds. The summed E-state index contributed by atoms with van der Waals surface area (Å²) in [6.07, 6.45) is 1.35. The van der Waals surface area contributed by atoms with Gasteiger partial charge in [0.05, 0.1) is 5.69 Å². The van der Waals surface area contributed by atoms with Crippen LogP contribution in [0.2, 0.25) is 0 Å². The fraction of sp³-hybridized carbons (Fsp3) is 0.412. The van der Waals surface area contributed by atoms with Crippen LogP contribution in [-0.4, -0.2) is 45.0 Å². The predicted molar refractivity (Wildman–Crippen MR) is 89.4 cm³/mol. The summed E-state index contributed by atoms with van der Waals surface area (Å²) in [5.41, 5.74) is 2.02. The van der Waals surface area contributed by atoms with Gasteiger partial charge in [-0.15, -0.1) is 0 Å². The molecular formula is C17H19F2N5O. The van der Waals surface area contributed by atoms with E-state index in [0.29, 0.717) is 43.2 Å². The molecule has 25 heavy (non-hydrogen) atoms. The number of oxazole rings is 1. The number of benzene rings is 1. The number of likely N-dealkylation sites (tertiary alicyclic amines) is 1. The summed E-state index contributed by atoms with van der Waals surface area (Å²) < 4.78 is 34.4. The average molecular weight is 347 g/mol. The van der Waals surface area contributed by atoms with Gasteiger partial charge in [0, 0.05) is 45.0 Å². The Morgan fingerprint density at radius 1 is 1.36 bits per heavy atom. The Balaban J connectivity index is 1.43. The zero-order chi connectivity index (χ0) is 17.4. The van der Waals surface area contributed by atoms with E-state index in [0.717, 1.165) is 5.69 Å². The number of nitrogens with zero attached hydrogens (tertiary/aromatic N) is 4. The predicted octanol–water partition coefficient (Wildman–Crippen LogP) is 2.72. The summed E-state index contributed by atoms with van der Waals surface area (Å²) in [5, 5.41) is 7.26. The van der Waals surface area contributed by atoms with E-state index in [2.05, 4.69) is 20.3 Å². The first-order valence-electron chi connectivity index (χ1n) is 8.23. The third kappa shape index (κ3) is 3.34. The highest BCUT2D eigenvalue weighted by Gasteiger charge is 2.32. The van der Waals surface area contributed by atoms with Gasteiger partial charge in [0.2, 0.25) is 0 Å². The van der Waals surface area contributed by atoms with Gasteiger partial charge in [-0.3, -0.25) is 9.58 Å². The van der Waals surface area contributed by atoms with Gasteiger partial charge in [-0.1, -0.05) is 0 Å². The lowest BCUT2D eigenvalue weighted by Gasteiger charge is -2.23. The normalized spacial score (nSPS) is 21.2. The molecule has 1 fully saturated rings. The molecule has 132 valence electrons. The number of nitrogens with one attached hydrogen (secondary N) is 1. The van der Waals surface area contributed by atoms with E-state index < -0.39 is 6.17 Å². The number of aromatic nitrogens is 3. The van der Waals surface area contributed by atoms with E-state index in [1.807, 2.05) is 13.1 Å². The maximum absolute atomic E-state index is 13.9. The van der Waals surface area contributed by atoms with Crippen molar-refractivity contribution in [2.24, 2.45) is 7.05 Å². The minimum Gasteiger partial charge on any atom is -0.423 e. The number of hydrogen-bond donors (Lipinski definition) is 1. The van der Waals surface area contributed by atoms with Crippen molar-refractivity contribution < 1.29 is 13.2 Å². The fourth-order valence-electron chi connectivity index (χ4n) is 3.27. The zero-order valence-corrected chi connectivity index (χ0v) is 13.8. The fourth-order valence-corrected chi connectivity index (χ4v) is 3.27. The minimum absolute atomic E-state index is 0.0247. The van der Waals surface area contributed by atoms with Gasteiger partial charge in [0.25, 0.3) is 6.01 Å². The maximum Gasteiger partial charge on any atom is 0.295 e. The highest BCUT2D eigenvalue weighted by molar-refractivity contribution is 5.74. The zero-order valence-electron chi connectivity index (χ0n) is 13.8. The molecule has 0 spiro atoms. The van der Waals surface area contributed by atoms with Crippen molar-refractivity contribution in [1.29, 1.82) is 0 Å². The Hall–Kier alpha value is -2.48. The molecule has 1 aliphatic heterocycles. The summed E-state index contributed by atoms with van der Waals surface area (Å²) in [6.45, 7) is 1.55. The largest absolute Gasteiger partial charge is 0.423 e. The third-order valence-electron chi connectivity index (χ3n) is 4.60. The van der Waals surface area contributed by atoms with Crippen molar-refractivity contribution in [2.75, 3.05) is 18.4 Å². The van der Waals surface area contributed by atoms with Gasteiger partial charge < -0.3 is 9.73 Å². The van der Waals surface area contributed by atoms with Crippen LogP contribution in [0.5, 0.6) is 0 Å². The topological polar surface area (TPSA) is 59.1 Å². The van der Waals surface area contributed by atoms with E-state index in [1.54, 1.807) is 16.9 Å². The third-order valence-corrected chi connectivity index (χ3v) is 4.60. The lowest BCUT2D eigenvalue weighted by Crippen LogP contribution is -2.35. The molecule has 0 radical (unpaired) electrons. The van der Waals surface area contributed by atoms with Gasteiger partial charge in [0.15, 0.2) is 5.58 Å². The van der Waals surface area contributed by atoms with E-state index in [-0.39, 0.29) is 11.9 Å². The first-order valence-corrected chi connectivity index (χ1v) is 8.23. The molecule has 0 bridgehead atoms. The number of rotatable bonds is 5. The highest BCUT2D eigenvalue weighted by Crippen LogP contribution is 2.24. The molecule has 1 aromatic carbocycles. The van der Waals surface area contributed by atoms with Crippen LogP contribution in [0, 0.1) is 5.82 Å². The Morgan fingerprint density at radius 3 is 3.04 bits per heavy atom. The lowest BCUT2D eigenvalue weighted by molar-refractivity contribution is 0.235. The number of fused-ring (bicyclic) bond motifs is 1. The number of hydrogen-bond acceptors (Lipinski definition) is 5. The molecule has 6 nitrogen and oxygen atoms in total. The van der Waals surface area contributed by atoms with Crippen LogP contribution in [0.3, 0.4) is 0 Å². The van der Waals surface area contributed by atoms with E-state index in [4.69, 9.17) is 4.42 Å². The monoisotopic (exact) mass is 347 g/mol. The van der Waals surface area contributed by atoms with Gasteiger partial charge in [-0.25, -0.2) is 8.78 Å². The number of aryl methyl sites for hydroxylation is 1. The van der Waals surface area contributed by atoms with Crippen molar-refractivity contribution in [1.82, 2.24) is 19.7 Å². The van der Waals surface area contributed by atoms with Crippen LogP contribution in [0.4, 0.5) is 14.8 Å². The van der Waals surface area contributed by atoms with E-state index in [1.165, 1.54) is 12.1 Å². The highest BCUT2D eigenvalue weighted by atomic mass is 19.1. The molecule has 2 atom stereocenters. The molecule has 0 unspecified atom stereocenters. The molecule has 0 aliphatic carbocycles. The Morgan fingerprint density at radius 2 is 2.24 bits per heavy atom. The standard InChI is InChI=1S/C17H19F2N5O/c1-23-13(4-5-21-23)10-24-9-12(19)6-14(24)8-20-17-22-15-3-2-11(18)7-16(15)25-17/h2-5,7,12,14H,6,8-10H2,1H3,(H,20,22)/t12-,14-/m0/s1. The lowest BCUT2D eigenvalue weighted by atomic mass is 10.2. The second kappa shape index (κ2) is 6.44. The first-order chi connectivity index (χ1) is 12.1. The number of anilines is 1. The van der Waals surface area contributed by atoms with Crippen LogP contribution in [-0.2, 0) is 13.6 Å². The van der Waals surface area contributed by atoms with Crippen molar-refractivity contribution in [2.45, 2.75) is 25.2 Å². The Labute approximate surface area is 143 Å². The molecule has 1 saturated heterocycles. The smallest absolute Gasteiger partial charge is 0.295 e. The summed E-state index contributed by atoms with van der Waals surface area (Å²) in [6, 6.07) is 6.50. The van der Waals surface area contributed by atoms with Crippen molar-refractivity contribution in [3.63, 3.8) is 0 Å². The molecule has 4 rings (SSSR count). The average Bonchev–Trinajstić information content (AvgIpc) is 3.25. The Kier molecular flexibility index (Phi) is 4.12. The summed E-state index contributed by atoms with van der Waals surface area (Å²) in [7, 11) is 1.88. The van der Waals surface area contributed by atoms with Gasteiger partial charge in [-0.05, 0) is 24.6 Å². The van der Waals surface area contributed by atoms with Gasteiger partial charge in [0.1, 0.15) is 17.5 Å². The van der Waals surface area contributed by atoms with Gasteiger partial charge in [-0.2, -0.15) is 10.1 Å². The number of halogens is 2. The van der Waals surface area contributed by atoms with Crippen LogP contribution < -0.4 is 5.32 Å². The number of alkyl halides is 1. The molecule has 0 saturated carbocycles. The minimum atomic E-state index is -0.849. The molecule has 8 heteroatoms. The van der Waals surface area contributed by atoms with Crippen molar-refractivity contribution >= 4 is 17.1 Å². The second-order valence-corrected chi connectivity index (χ2v) is 6.37. The van der Waals surface area contributed by atoms with Crippen LogP contribution in [0.1, 0.15) is 12.1 Å². The summed E-state index contributed by atoms with van der Waals surface area (Å²) in [4.78, 5) is 6.37. The van der Waals surface area contributed by atoms with Crippen LogP contribution in [0.15, 0.2) is 34.9 Å². The molecule has 3 aromatic rings. The second-order valence-electron chi connectivity index (χ2n) is 6.37. The van der Waals surface area contributed by atoms with Crippen LogP contribution >= 0.6 is 0 Å². The van der Waals surface area contributed by atoms with Gasteiger partial charge >= 0.3 is 0 Å². The first kappa shape index (κ1) is 16.0. The molecule has 1 aliphatic rings. The summed E-state index contributed by atoms with van der Waals surface area (Å²) in [5.74, 6) is -0.367. The van der Waals surface area contributed by atoms with Crippen LogP contribution in [0.25, 0.3) is 11.1 Å². The summed E-state index contributed by atoms with van der Waals surface area (Å²) >= 11 is 0. The Bertz CT molecular complexity index is 877. The quantitative estimate of drug-likeness (QED) is 0.769. The SMILES string of the molecule is Cn1nccc1CN1C[C@@H](F)C[C@H]1CNc1nc2ccc(F)cc2o1. The maximum atomic E-state index is 13.9. The van der Waals surface area contributed by atoms with E-state index in [9.17, 15) is 8.78 Å². The molecule has 1 N–H and O–H groups in total. The molecule has 3 heterocycles.